The molecule has 0 aliphatic heterocycles. The molecular formula is C17H19F3N2O2. The van der Waals surface area contributed by atoms with Crippen molar-refractivity contribution in [2.75, 3.05) is 0 Å². The van der Waals surface area contributed by atoms with Gasteiger partial charge in [0.15, 0.2) is 12.0 Å². The minimum Gasteiger partial charge on any atom is -0.493 e. The van der Waals surface area contributed by atoms with Crippen molar-refractivity contribution >= 4 is 6.29 Å². The quantitative estimate of drug-likeness (QED) is 0.828. The average Bonchev–Trinajstić information content (AvgIpc) is 2.74. The zero-order valence-corrected chi connectivity index (χ0v) is 14.1. The summed E-state index contributed by atoms with van der Waals surface area (Å²) in [6.45, 7) is 9.37. The summed E-state index contributed by atoms with van der Waals surface area (Å²) in [4.78, 5) is 14.2. The third kappa shape index (κ3) is 3.02. The summed E-state index contributed by atoms with van der Waals surface area (Å²) >= 11 is 0. The molecule has 0 aliphatic rings. The number of imidazole rings is 1. The maximum absolute atomic E-state index is 13.3. The maximum atomic E-state index is 13.3. The molecule has 130 valence electrons. The second kappa shape index (κ2) is 5.65. The first-order valence-corrected chi connectivity index (χ1v) is 7.34. The van der Waals surface area contributed by atoms with Crippen LogP contribution < -0.4 is 0 Å². The van der Waals surface area contributed by atoms with Crippen LogP contribution in [-0.4, -0.2) is 20.9 Å². The molecule has 1 N–H and O–H groups in total. The van der Waals surface area contributed by atoms with Crippen LogP contribution in [0.1, 0.15) is 53.8 Å². The van der Waals surface area contributed by atoms with E-state index in [1.807, 2.05) is 27.7 Å². The molecule has 0 amide bonds. The Morgan fingerprint density at radius 1 is 1.12 bits per heavy atom. The van der Waals surface area contributed by atoms with Gasteiger partial charge in [-0.1, -0.05) is 26.8 Å². The van der Waals surface area contributed by atoms with Crippen molar-refractivity contribution in [3.63, 3.8) is 0 Å². The van der Waals surface area contributed by atoms with Gasteiger partial charge in [-0.2, -0.15) is 13.2 Å². The fourth-order valence-corrected chi connectivity index (χ4v) is 2.82. The molecule has 7 heteroatoms. The van der Waals surface area contributed by atoms with Crippen LogP contribution in [0, 0.1) is 13.8 Å². The highest BCUT2D eigenvalue weighted by atomic mass is 19.4. The van der Waals surface area contributed by atoms with E-state index < -0.39 is 23.6 Å². The van der Waals surface area contributed by atoms with Crippen molar-refractivity contribution in [1.29, 1.82) is 0 Å². The first-order chi connectivity index (χ1) is 10.9. The van der Waals surface area contributed by atoms with Crippen LogP contribution in [-0.2, 0) is 11.6 Å². The van der Waals surface area contributed by atoms with Crippen LogP contribution in [0.2, 0.25) is 0 Å². The van der Waals surface area contributed by atoms with E-state index in [2.05, 4.69) is 4.98 Å². The predicted octanol–water partition coefficient (Wildman–Crippen LogP) is 4.32. The number of carbonyl (C=O) groups excluding carboxylic acids is 1. The summed E-state index contributed by atoms with van der Waals surface area (Å²) in [6.07, 6.45) is -4.70. The van der Waals surface area contributed by atoms with Gasteiger partial charge in [0.1, 0.15) is 0 Å². The number of benzene rings is 1. The van der Waals surface area contributed by atoms with Crippen LogP contribution in [0.4, 0.5) is 13.2 Å². The molecule has 2 aromatic rings. The Morgan fingerprint density at radius 3 is 2.17 bits per heavy atom. The number of hydrogen-bond donors (Lipinski definition) is 1. The van der Waals surface area contributed by atoms with E-state index in [4.69, 9.17) is 0 Å². The Kier molecular flexibility index (Phi) is 4.24. The lowest BCUT2D eigenvalue weighted by Crippen LogP contribution is -2.17. The van der Waals surface area contributed by atoms with Crippen molar-refractivity contribution in [2.45, 2.75) is 46.2 Å². The van der Waals surface area contributed by atoms with Gasteiger partial charge < -0.3 is 5.11 Å². The largest absolute Gasteiger partial charge is 0.493 e. The van der Waals surface area contributed by atoms with Gasteiger partial charge in [0.2, 0.25) is 11.7 Å². The summed E-state index contributed by atoms with van der Waals surface area (Å²) in [5.41, 5.74) is 1.53. The van der Waals surface area contributed by atoms with Crippen molar-refractivity contribution in [3.05, 3.63) is 40.3 Å². The molecule has 4 nitrogen and oxygen atoms in total. The van der Waals surface area contributed by atoms with E-state index in [-0.39, 0.29) is 17.4 Å². The lowest BCUT2D eigenvalue weighted by molar-refractivity contribution is -0.146. The minimum absolute atomic E-state index is 0.106. The highest BCUT2D eigenvalue weighted by Gasteiger charge is 2.40. The SMILES string of the molecule is Cc1cc(C)c(C(C)(C)C)cc1-n1c(C(F)(F)F)nc(C=O)c1O. The number of hydrogen-bond acceptors (Lipinski definition) is 3. The third-order valence-electron chi connectivity index (χ3n) is 3.84. The number of nitrogens with zero attached hydrogens (tertiary/aromatic N) is 2. The molecule has 2 rings (SSSR count). The van der Waals surface area contributed by atoms with Gasteiger partial charge in [0.05, 0.1) is 5.69 Å². The number of aromatic nitrogens is 2. The summed E-state index contributed by atoms with van der Waals surface area (Å²) in [7, 11) is 0. The number of aryl methyl sites for hydroxylation is 2. The molecule has 1 aromatic carbocycles. The topological polar surface area (TPSA) is 55.1 Å². The standard InChI is InChI=1S/C17H19F3N2O2/c1-9-6-10(2)13(7-11(9)16(3,4)5)22-14(24)12(8-23)21-15(22)17(18,19)20/h6-8,24H,1-5H3. The molecular weight excluding hydrogens is 321 g/mol. The van der Waals surface area contributed by atoms with Crippen LogP contribution in [0.5, 0.6) is 5.88 Å². The molecule has 0 atom stereocenters. The zero-order chi connectivity index (χ0) is 18.4. The predicted molar refractivity (Wildman–Crippen MR) is 83.8 cm³/mol. The second-order valence-corrected chi connectivity index (χ2v) is 6.80. The van der Waals surface area contributed by atoms with Crippen molar-refractivity contribution in [2.24, 2.45) is 0 Å². The molecule has 0 bridgehead atoms. The van der Waals surface area contributed by atoms with Crippen LogP contribution in [0.3, 0.4) is 0 Å². The first-order valence-electron chi connectivity index (χ1n) is 7.34. The Hall–Kier alpha value is -2.31. The van der Waals surface area contributed by atoms with Gasteiger partial charge in [-0.05, 0) is 42.0 Å². The van der Waals surface area contributed by atoms with E-state index in [0.29, 0.717) is 10.1 Å². The van der Waals surface area contributed by atoms with Crippen molar-refractivity contribution in [3.8, 4) is 11.6 Å². The van der Waals surface area contributed by atoms with E-state index in [1.165, 1.54) is 0 Å². The van der Waals surface area contributed by atoms with Crippen molar-refractivity contribution in [1.82, 2.24) is 9.55 Å². The highest BCUT2D eigenvalue weighted by Crippen LogP contribution is 2.37. The highest BCUT2D eigenvalue weighted by molar-refractivity contribution is 5.76. The Labute approximate surface area is 137 Å². The number of halogens is 3. The molecule has 0 radical (unpaired) electrons. The van der Waals surface area contributed by atoms with Gasteiger partial charge in [-0.3, -0.25) is 9.36 Å². The molecule has 0 saturated heterocycles. The lowest BCUT2D eigenvalue weighted by atomic mass is 9.83. The summed E-state index contributed by atoms with van der Waals surface area (Å²) in [5.74, 6) is -2.14. The maximum Gasteiger partial charge on any atom is 0.450 e. The van der Waals surface area contributed by atoms with Crippen molar-refractivity contribution < 1.29 is 23.1 Å². The molecule has 0 aliphatic carbocycles. The normalized spacial score (nSPS) is 12.5. The Bertz CT molecular complexity index is 800. The Balaban J connectivity index is 2.87. The number of alkyl halides is 3. The van der Waals surface area contributed by atoms with Gasteiger partial charge in [0.25, 0.3) is 0 Å². The van der Waals surface area contributed by atoms with E-state index in [1.54, 1.807) is 19.1 Å². The van der Waals surface area contributed by atoms with Crippen LogP contribution >= 0.6 is 0 Å². The molecule has 0 saturated carbocycles. The molecule has 24 heavy (non-hydrogen) atoms. The van der Waals surface area contributed by atoms with Crippen LogP contribution in [0.25, 0.3) is 5.69 Å². The zero-order valence-electron chi connectivity index (χ0n) is 14.1. The monoisotopic (exact) mass is 340 g/mol. The summed E-state index contributed by atoms with van der Waals surface area (Å²) in [6, 6.07) is 3.37. The fourth-order valence-electron chi connectivity index (χ4n) is 2.82. The summed E-state index contributed by atoms with van der Waals surface area (Å²) in [5, 5.41) is 10.1. The fraction of sp³-hybridized carbons (Fsp3) is 0.412. The lowest BCUT2D eigenvalue weighted by Gasteiger charge is -2.24. The third-order valence-corrected chi connectivity index (χ3v) is 3.84. The smallest absolute Gasteiger partial charge is 0.450 e. The van der Waals surface area contributed by atoms with Gasteiger partial charge in [-0.25, -0.2) is 4.98 Å². The van der Waals surface area contributed by atoms with Gasteiger partial charge in [0, 0.05) is 0 Å². The number of aromatic hydroxyl groups is 1. The minimum atomic E-state index is -4.81. The second-order valence-electron chi connectivity index (χ2n) is 6.80. The van der Waals surface area contributed by atoms with Crippen LogP contribution in [0.15, 0.2) is 12.1 Å². The summed E-state index contributed by atoms with van der Waals surface area (Å²) < 4.78 is 40.5. The van der Waals surface area contributed by atoms with E-state index in [0.717, 1.165) is 11.1 Å². The van der Waals surface area contributed by atoms with Gasteiger partial charge in [-0.15, -0.1) is 0 Å². The molecule has 0 fully saturated rings. The first kappa shape index (κ1) is 18.0. The van der Waals surface area contributed by atoms with Gasteiger partial charge >= 0.3 is 6.18 Å². The molecule has 0 spiro atoms. The number of carbonyl (C=O) groups is 1. The van der Waals surface area contributed by atoms with E-state index in [9.17, 15) is 23.1 Å². The molecule has 0 unspecified atom stereocenters. The number of rotatable bonds is 2. The average molecular weight is 340 g/mol. The molecule has 1 aromatic heterocycles. The Morgan fingerprint density at radius 2 is 1.71 bits per heavy atom. The number of aldehydes is 1. The molecule has 1 heterocycles. The van der Waals surface area contributed by atoms with E-state index >= 15 is 0 Å².